The molecular formula is C62H45N5. The molecule has 0 atom stereocenters. The molecule has 318 valence electrons. The van der Waals surface area contributed by atoms with Gasteiger partial charge in [-0.3, -0.25) is 8.80 Å². The molecule has 0 bridgehead atoms. The number of hydrogen-bond donors (Lipinski definition) is 0. The Kier molecular flexibility index (Phi) is 6.92. The lowest BCUT2D eigenvalue weighted by Crippen LogP contribution is -2.11. The summed E-state index contributed by atoms with van der Waals surface area (Å²) >= 11 is 0. The quantitative estimate of drug-likeness (QED) is 0.174. The van der Waals surface area contributed by atoms with E-state index in [9.17, 15) is 0 Å². The van der Waals surface area contributed by atoms with Crippen molar-refractivity contribution in [1.82, 2.24) is 23.3 Å². The van der Waals surface area contributed by atoms with Crippen LogP contribution in [0.25, 0.3) is 137 Å². The summed E-state index contributed by atoms with van der Waals surface area (Å²) in [6.45, 7) is 13.9. The third-order valence-corrected chi connectivity index (χ3v) is 15.1. The first-order valence-corrected chi connectivity index (χ1v) is 23.6. The van der Waals surface area contributed by atoms with Crippen LogP contribution in [-0.4, -0.2) is 23.3 Å². The molecule has 0 unspecified atom stereocenters. The van der Waals surface area contributed by atoms with Gasteiger partial charge in [-0.2, -0.15) is 0 Å². The third-order valence-electron chi connectivity index (χ3n) is 15.1. The number of fused-ring (bicyclic) bond motifs is 18. The van der Waals surface area contributed by atoms with Gasteiger partial charge in [0.15, 0.2) is 11.3 Å². The molecule has 5 nitrogen and oxygen atoms in total. The second-order valence-corrected chi connectivity index (χ2v) is 21.1. The normalized spacial score (nSPS) is 13.2. The number of aromatic nitrogens is 5. The van der Waals surface area contributed by atoms with Crippen molar-refractivity contribution in [3.05, 3.63) is 175 Å². The van der Waals surface area contributed by atoms with Crippen LogP contribution < -0.4 is 0 Å². The highest BCUT2D eigenvalue weighted by molar-refractivity contribution is 6.33. The van der Waals surface area contributed by atoms with E-state index in [1.54, 1.807) is 0 Å². The van der Waals surface area contributed by atoms with Gasteiger partial charge in [0.1, 0.15) is 11.0 Å². The highest BCUT2D eigenvalue weighted by Gasteiger charge is 2.30. The van der Waals surface area contributed by atoms with Gasteiger partial charge in [0, 0.05) is 54.3 Å². The molecule has 0 saturated heterocycles. The van der Waals surface area contributed by atoms with Gasteiger partial charge in [-0.15, -0.1) is 0 Å². The average Bonchev–Trinajstić information content (AvgIpc) is 4.11. The zero-order chi connectivity index (χ0) is 44.8. The van der Waals surface area contributed by atoms with Gasteiger partial charge < -0.3 is 4.57 Å². The van der Waals surface area contributed by atoms with Gasteiger partial charge in [0.25, 0.3) is 0 Å². The van der Waals surface area contributed by atoms with Crippen molar-refractivity contribution in [2.75, 3.05) is 0 Å². The molecule has 0 fully saturated rings. The summed E-state index contributed by atoms with van der Waals surface area (Å²) in [6, 6.07) is 61.1. The average molecular weight is 860 g/mol. The van der Waals surface area contributed by atoms with Crippen molar-refractivity contribution >= 4 is 120 Å². The summed E-state index contributed by atoms with van der Waals surface area (Å²) in [5.41, 5.74) is 16.7. The Morgan fingerprint density at radius 2 is 0.940 bits per heavy atom. The van der Waals surface area contributed by atoms with Crippen molar-refractivity contribution in [2.24, 2.45) is 0 Å². The van der Waals surface area contributed by atoms with Crippen molar-refractivity contribution in [3.8, 4) is 16.8 Å². The molecule has 0 saturated carbocycles. The van der Waals surface area contributed by atoms with Crippen molar-refractivity contribution in [1.29, 1.82) is 0 Å². The van der Waals surface area contributed by atoms with E-state index in [0.29, 0.717) is 0 Å². The van der Waals surface area contributed by atoms with Gasteiger partial charge in [-0.25, -0.2) is 9.97 Å². The highest BCUT2D eigenvalue weighted by atomic mass is 15.1. The predicted molar refractivity (Wildman–Crippen MR) is 284 cm³/mol. The third kappa shape index (κ3) is 4.83. The van der Waals surface area contributed by atoms with Crippen LogP contribution in [0.3, 0.4) is 0 Å². The van der Waals surface area contributed by atoms with Gasteiger partial charge in [0.2, 0.25) is 0 Å². The van der Waals surface area contributed by atoms with Crippen molar-refractivity contribution in [3.63, 3.8) is 0 Å². The number of nitrogens with zero attached hydrogens (tertiary/aromatic N) is 5. The standard InChI is InChI=1S/C62H45N5/c1-61(2,3)38-30-43(37-24-25-51-44(27-37)42-22-14-15-23-50(42)65(51)40-19-8-7-9-20-40)56-47(32-38)53-41-21-13-12-18-36(41)28-48-54-60(67(56)58(48)53)64-55-49-33-39(62(4,5)6)31-46-45-26-34-16-10-11-17-35(34)29-52(45)66(57(46)49)59(55)63-54/h7-33H,1-6H3. The predicted octanol–water partition coefficient (Wildman–Crippen LogP) is 16.4. The SMILES string of the molecule is CC(C)(C)c1cc(-c2ccc3c(c2)c2ccccc2n3-c2ccccc2)c2c(c1)c1c3ccccc3cc3c4nc5c(nc4n2c31)c1cc(C(C)(C)C)cc2c3cc4ccccc4cc3n5c21. The minimum absolute atomic E-state index is 0.0732. The summed E-state index contributed by atoms with van der Waals surface area (Å²) in [7, 11) is 0. The maximum absolute atomic E-state index is 5.90. The minimum atomic E-state index is -0.105. The summed E-state index contributed by atoms with van der Waals surface area (Å²) < 4.78 is 7.30. The van der Waals surface area contributed by atoms with Crippen LogP contribution in [0.4, 0.5) is 0 Å². The molecule has 9 aromatic carbocycles. The largest absolute Gasteiger partial charge is 0.309 e. The molecule has 0 amide bonds. The lowest BCUT2D eigenvalue weighted by atomic mass is 9.83. The Labute approximate surface area is 385 Å². The van der Waals surface area contributed by atoms with Gasteiger partial charge >= 0.3 is 0 Å². The van der Waals surface area contributed by atoms with E-state index in [1.807, 2.05) is 0 Å². The molecule has 5 heteroatoms. The van der Waals surface area contributed by atoms with Crippen molar-refractivity contribution < 1.29 is 0 Å². The van der Waals surface area contributed by atoms with Gasteiger partial charge in [0.05, 0.1) is 33.1 Å². The fraction of sp³-hybridized carbons (Fsp3) is 0.129. The summed E-state index contributed by atoms with van der Waals surface area (Å²) in [5.74, 6) is 0. The molecular weight excluding hydrogens is 815 g/mol. The summed E-state index contributed by atoms with van der Waals surface area (Å²) in [5, 5.41) is 14.7. The maximum Gasteiger partial charge on any atom is 0.165 e. The van der Waals surface area contributed by atoms with E-state index < -0.39 is 0 Å². The Bertz CT molecular complexity index is 4620. The smallest absolute Gasteiger partial charge is 0.165 e. The second kappa shape index (κ2) is 12.4. The molecule has 6 heterocycles. The number of hydrogen-bond acceptors (Lipinski definition) is 2. The summed E-state index contributed by atoms with van der Waals surface area (Å²) in [6.07, 6.45) is 0. The first-order chi connectivity index (χ1) is 32.5. The van der Waals surface area contributed by atoms with E-state index in [2.05, 4.69) is 219 Å². The van der Waals surface area contributed by atoms with Gasteiger partial charge in [-0.05, 0) is 122 Å². The fourth-order valence-corrected chi connectivity index (χ4v) is 11.8. The molecule has 0 aliphatic carbocycles. The van der Waals surface area contributed by atoms with Crippen LogP contribution in [0.2, 0.25) is 0 Å². The Hall–Kier alpha value is -8.02. The number of benzene rings is 9. The second-order valence-electron chi connectivity index (χ2n) is 21.1. The first-order valence-electron chi connectivity index (χ1n) is 23.6. The topological polar surface area (TPSA) is 39.5 Å². The molecule has 67 heavy (non-hydrogen) atoms. The molecule has 15 rings (SSSR count). The summed E-state index contributed by atoms with van der Waals surface area (Å²) in [4.78, 5) is 11.7. The van der Waals surface area contributed by atoms with Crippen LogP contribution in [0, 0.1) is 0 Å². The number of para-hydroxylation sites is 2. The van der Waals surface area contributed by atoms with E-state index in [-0.39, 0.29) is 10.8 Å². The van der Waals surface area contributed by atoms with Crippen LogP contribution in [0.5, 0.6) is 0 Å². The Balaban J connectivity index is 1.13. The van der Waals surface area contributed by atoms with E-state index in [4.69, 9.17) is 9.97 Å². The van der Waals surface area contributed by atoms with Crippen LogP contribution in [0.1, 0.15) is 52.7 Å². The molecule has 0 radical (unpaired) electrons. The zero-order valence-electron chi connectivity index (χ0n) is 38.3. The Morgan fingerprint density at radius 3 is 1.70 bits per heavy atom. The van der Waals surface area contributed by atoms with Gasteiger partial charge in [-0.1, -0.05) is 133 Å². The number of rotatable bonds is 2. The molecule has 0 spiro atoms. The Morgan fingerprint density at radius 1 is 0.373 bits per heavy atom. The van der Waals surface area contributed by atoms with Crippen LogP contribution >= 0.6 is 0 Å². The van der Waals surface area contributed by atoms with E-state index in [0.717, 1.165) is 38.8 Å². The lowest BCUT2D eigenvalue weighted by Gasteiger charge is -2.21. The molecule has 15 aromatic rings. The van der Waals surface area contributed by atoms with Crippen LogP contribution in [-0.2, 0) is 10.8 Å². The fourth-order valence-electron chi connectivity index (χ4n) is 11.8. The zero-order valence-corrected chi connectivity index (χ0v) is 38.3. The molecule has 0 aliphatic rings. The minimum Gasteiger partial charge on any atom is -0.309 e. The maximum atomic E-state index is 5.90. The monoisotopic (exact) mass is 859 g/mol. The van der Waals surface area contributed by atoms with E-state index >= 15 is 0 Å². The highest BCUT2D eigenvalue weighted by Crippen LogP contribution is 2.49. The molecule has 0 aliphatic heterocycles. The molecule has 0 N–H and O–H groups in total. The lowest BCUT2D eigenvalue weighted by molar-refractivity contribution is 0.591. The molecule has 6 aromatic heterocycles. The van der Waals surface area contributed by atoms with E-state index in [1.165, 1.54) is 109 Å². The first kappa shape index (κ1) is 37.2. The van der Waals surface area contributed by atoms with Crippen LogP contribution in [0.15, 0.2) is 164 Å². The van der Waals surface area contributed by atoms with Crippen molar-refractivity contribution in [2.45, 2.75) is 52.4 Å².